The third-order valence-electron chi connectivity index (χ3n) is 1.55. The molecule has 0 bridgehead atoms. The number of rotatable bonds is 0. The van der Waals surface area contributed by atoms with E-state index in [4.69, 9.17) is 0 Å². The lowest BCUT2D eigenvalue weighted by Gasteiger charge is -2.36. The maximum Gasteiger partial charge on any atom is 0.109 e. The van der Waals surface area contributed by atoms with Crippen molar-refractivity contribution < 1.29 is 0 Å². The van der Waals surface area contributed by atoms with Crippen LogP contribution in [0, 0.1) is 0 Å². The van der Waals surface area contributed by atoms with Gasteiger partial charge in [0.25, 0.3) is 0 Å². The molecule has 0 radical (unpaired) electrons. The minimum atomic E-state index is -0.499. The lowest BCUT2D eigenvalue weighted by atomic mass is 11.7. The Morgan fingerprint density at radius 2 is 1.86 bits per heavy atom. The first-order chi connectivity index (χ1) is 3.10. The summed E-state index contributed by atoms with van der Waals surface area (Å²) < 4.78 is 0. The molecular weight excluding hydrogens is 184 g/mol. The van der Waals surface area contributed by atoms with Crippen LogP contribution in [-0.2, 0) is 0 Å². The molecule has 0 aromatic rings. The van der Waals surface area contributed by atoms with Gasteiger partial charge >= 0.3 is 0 Å². The molecule has 1 rings (SSSR count). The predicted molar refractivity (Wildman–Crippen MR) is 43.2 cm³/mol. The Labute approximate surface area is 55.5 Å². The standard InChI is InChI=1S/C4H11BrSi2/c1-7(2)3-6(5)4-7/h6H,3-4H2,1-2H3. The fourth-order valence-corrected chi connectivity index (χ4v) is 26.0. The van der Waals surface area contributed by atoms with E-state index >= 15 is 0 Å². The van der Waals surface area contributed by atoms with Crippen molar-refractivity contribution in [3.05, 3.63) is 0 Å². The van der Waals surface area contributed by atoms with E-state index in [1.807, 2.05) is 0 Å². The zero-order valence-electron chi connectivity index (χ0n) is 4.87. The molecule has 1 heterocycles. The second kappa shape index (κ2) is 1.70. The molecule has 0 nitrogen and oxygen atoms in total. The normalized spacial score (nSPS) is 29.6. The molecule has 0 atom stereocenters. The van der Waals surface area contributed by atoms with Gasteiger partial charge < -0.3 is 0 Å². The zero-order chi connectivity index (χ0) is 5.49. The lowest BCUT2D eigenvalue weighted by Crippen LogP contribution is -2.44. The Morgan fingerprint density at radius 3 is 1.86 bits per heavy atom. The van der Waals surface area contributed by atoms with Crippen LogP contribution in [0.1, 0.15) is 0 Å². The highest BCUT2D eigenvalue weighted by atomic mass is 79.9. The molecule has 1 fully saturated rings. The molecular formula is C4H11BrSi2. The van der Waals surface area contributed by atoms with Crippen molar-refractivity contribution in [3.63, 3.8) is 0 Å². The maximum absolute atomic E-state index is 3.71. The third kappa shape index (κ3) is 1.40. The molecule has 1 aliphatic rings. The zero-order valence-corrected chi connectivity index (χ0v) is 8.61. The largest absolute Gasteiger partial charge is 0.131 e. The molecule has 0 N–H and O–H groups in total. The van der Waals surface area contributed by atoms with E-state index in [2.05, 4.69) is 28.4 Å². The van der Waals surface area contributed by atoms with E-state index in [1.165, 1.54) is 0 Å². The molecule has 0 spiro atoms. The molecule has 1 aliphatic heterocycles. The minimum absolute atomic E-state index is 0.220. The summed E-state index contributed by atoms with van der Waals surface area (Å²) in [4.78, 5) is 0. The lowest BCUT2D eigenvalue weighted by molar-refractivity contribution is 1.46. The number of halogens is 1. The second-order valence-corrected chi connectivity index (χ2v) is 15.8. The topological polar surface area (TPSA) is 0 Å². The van der Waals surface area contributed by atoms with Crippen LogP contribution in [0.5, 0.6) is 0 Å². The smallest absolute Gasteiger partial charge is 0.109 e. The average Bonchev–Trinajstić information content (AvgIpc) is 1.27. The molecule has 0 aliphatic carbocycles. The third-order valence-corrected chi connectivity index (χ3v) is 19.8. The monoisotopic (exact) mass is 194 g/mol. The highest BCUT2D eigenvalue weighted by molar-refractivity contribution is 9.24. The molecule has 0 unspecified atom stereocenters. The molecule has 1 saturated heterocycles. The molecule has 3 heteroatoms. The van der Waals surface area contributed by atoms with Crippen LogP contribution >= 0.6 is 15.3 Å². The Hall–Kier alpha value is 0.914. The summed E-state index contributed by atoms with van der Waals surface area (Å²) in [5.41, 5.74) is 3.26. The van der Waals surface area contributed by atoms with Gasteiger partial charge in [-0.15, -0.1) is 15.3 Å². The summed E-state index contributed by atoms with van der Waals surface area (Å²) >= 11 is 3.71. The van der Waals surface area contributed by atoms with Crippen LogP contribution in [-0.4, -0.2) is 15.5 Å². The summed E-state index contributed by atoms with van der Waals surface area (Å²) in [5.74, 6) is 0. The Morgan fingerprint density at radius 1 is 1.43 bits per heavy atom. The van der Waals surface area contributed by atoms with E-state index in [0.29, 0.717) is 0 Å². The predicted octanol–water partition coefficient (Wildman–Crippen LogP) is 1.91. The molecule has 0 aromatic carbocycles. The van der Waals surface area contributed by atoms with Gasteiger partial charge in [0, 0.05) is 8.07 Å². The highest BCUT2D eigenvalue weighted by Gasteiger charge is 2.36. The van der Waals surface area contributed by atoms with Crippen LogP contribution in [0.25, 0.3) is 0 Å². The Bertz CT molecular complexity index is 73.8. The van der Waals surface area contributed by atoms with Gasteiger partial charge in [-0.25, -0.2) is 0 Å². The van der Waals surface area contributed by atoms with E-state index in [0.717, 1.165) is 0 Å². The first kappa shape index (κ1) is 6.04. The van der Waals surface area contributed by atoms with Gasteiger partial charge in [-0.2, -0.15) is 0 Å². The van der Waals surface area contributed by atoms with Crippen LogP contribution in [0.2, 0.25) is 24.4 Å². The molecule has 0 aromatic heterocycles. The highest BCUT2D eigenvalue weighted by Crippen LogP contribution is 2.33. The van der Waals surface area contributed by atoms with Gasteiger partial charge in [0.1, 0.15) is 7.42 Å². The van der Waals surface area contributed by atoms with E-state index < -0.39 is 8.07 Å². The summed E-state index contributed by atoms with van der Waals surface area (Å²) in [6.07, 6.45) is 0. The molecule has 0 amide bonds. The SMILES string of the molecule is C[Si]1(C)C[SiH](Br)C1. The van der Waals surface area contributed by atoms with Crippen molar-refractivity contribution in [2.45, 2.75) is 24.4 Å². The molecule has 42 valence electrons. The van der Waals surface area contributed by atoms with Crippen LogP contribution < -0.4 is 0 Å². The fraction of sp³-hybridized carbons (Fsp3) is 1.00. The molecule has 7 heavy (non-hydrogen) atoms. The van der Waals surface area contributed by atoms with Crippen LogP contribution in [0.15, 0.2) is 0 Å². The average molecular weight is 195 g/mol. The fourth-order valence-electron chi connectivity index (χ4n) is 1.14. The van der Waals surface area contributed by atoms with E-state index in [9.17, 15) is 0 Å². The summed E-state index contributed by atoms with van der Waals surface area (Å²) in [5, 5.41) is 0. The first-order valence-corrected chi connectivity index (χ1v) is 11.0. The first-order valence-electron chi connectivity index (χ1n) is 2.74. The van der Waals surface area contributed by atoms with Gasteiger partial charge in [-0.05, 0) is 0 Å². The van der Waals surface area contributed by atoms with E-state index in [1.54, 1.807) is 11.3 Å². The van der Waals surface area contributed by atoms with Crippen molar-refractivity contribution >= 4 is 30.8 Å². The van der Waals surface area contributed by atoms with Gasteiger partial charge in [0.05, 0.1) is 0 Å². The van der Waals surface area contributed by atoms with Gasteiger partial charge in [-0.1, -0.05) is 24.4 Å². The molecule has 0 saturated carbocycles. The maximum atomic E-state index is 3.71. The number of hydrogen-bond acceptors (Lipinski definition) is 0. The van der Waals surface area contributed by atoms with Crippen molar-refractivity contribution in [3.8, 4) is 0 Å². The van der Waals surface area contributed by atoms with Crippen LogP contribution in [0.3, 0.4) is 0 Å². The van der Waals surface area contributed by atoms with Crippen LogP contribution in [0.4, 0.5) is 0 Å². The van der Waals surface area contributed by atoms with Gasteiger partial charge in [0.2, 0.25) is 0 Å². The second-order valence-electron chi connectivity index (χ2n) is 3.17. The van der Waals surface area contributed by atoms with E-state index in [-0.39, 0.29) is 7.42 Å². The quantitative estimate of drug-likeness (QED) is 0.409. The summed E-state index contributed by atoms with van der Waals surface area (Å²) in [6.45, 7) is 4.97. The summed E-state index contributed by atoms with van der Waals surface area (Å²) in [7, 11) is -0.719. The van der Waals surface area contributed by atoms with Crippen molar-refractivity contribution in [2.24, 2.45) is 0 Å². The van der Waals surface area contributed by atoms with Gasteiger partial charge in [-0.3, -0.25) is 0 Å². The number of hydrogen-bond donors (Lipinski definition) is 0. The Balaban J connectivity index is 2.29. The van der Waals surface area contributed by atoms with Gasteiger partial charge in [0.15, 0.2) is 0 Å². The Kier molecular flexibility index (Phi) is 1.47. The minimum Gasteiger partial charge on any atom is -0.131 e. The van der Waals surface area contributed by atoms with Crippen molar-refractivity contribution in [2.75, 3.05) is 0 Å². The van der Waals surface area contributed by atoms with Crippen molar-refractivity contribution in [1.82, 2.24) is 0 Å². The van der Waals surface area contributed by atoms with Crippen molar-refractivity contribution in [1.29, 1.82) is 0 Å². The summed E-state index contributed by atoms with van der Waals surface area (Å²) in [6, 6.07) is 0.